The smallest absolute Gasteiger partial charge is 0.245 e. The Hall–Kier alpha value is -2.98. The summed E-state index contributed by atoms with van der Waals surface area (Å²) in [6.07, 6.45) is 4.76. The average Bonchev–Trinajstić information content (AvgIpc) is 2.47. The first-order valence-corrected chi connectivity index (χ1v) is 6.41. The van der Waals surface area contributed by atoms with Crippen LogP contribution in [-0.4, -0.2) is 5.79 Å². The second kappa shape index (κ2) is 5.98. The SMILES string of the molecule is CC1(C)OC(c2ccccc2)=C/C(=C/C=C(C#N)C#N)O1. The molecule has 0 radical (unpaired) electrons. The van der Waals surface area contributed by atoms with Crippen molar-refractivity contribution in [3.63, 3.8) is 0 Å². The predicted octanol–water partition coefficient (Wildman–Crippen LogP) is 3.67. The number of rotatable bonds is 2. The number of nitrogens with zero attached hydrogens (tertiary/aromatic N) is 2. The van der Waals surface area contributed by atoms with Crippen LogP contribution in [0.2, 0.25) is 0 Å². The van der Waals surface area contributed by atoms with Crippen molar-refractivity contribution in [1.82, 2.24) is 0 Å². The highest BCUT2D eigenvalue weighted by Crippen LogP contribution is 2.32. The first-order valence-electron chi connectivity index (χ1n) is 6.41. The zero-order valence-electron chi connectivity index (χ0n) is 11.8. The minimum atomic E-state index is -0.820. The topological polar surface area (TPSA) is 66.0 Å². The molecule has 4 heteroatoms. The Kier molecular flexibility index (Phi) is 4.11. The van der Waals surface area contributed by atoms with Gasteiger partial charge in [0.2, 0.25) is 5.79 Å². The maximum Gasteiger partial charge on any atom is 0.245 e. The van der Waals surface area contributed by atoms with Crippen LogP contribution in [0.5, 0.6) is 0 Å². The predicted molar refractivity (Wildman–Crippen MR) is 78.1 cm³/mol. The van der Waals surface area contributed by atoms with Crippen molar-refractivity contribution in [2.75, 3.05) is 0 Å². The van der Waals surface area contributed by atoms with E-state index >= 15 is 0 Å². The van der Waals surface area contributed by atoms with Crippen molar-refractivity contribution < 1.29 is 9.47 Å². The zero-order chi connectivity index (χ0) is 15.3. The van der Waals surface area contributed by atoms with Gasteiger partial charge in [0, 0.05) is 25.5 Å². The van der Waals surface area contributed by atoms with E-state index in [1.165, 1.54) is 6.08 Å². The zero-order valence-corrected chi connectivity index (χ0v) is 11.8. The monoisotopic (exact) mass is 278 g/mol. The van der Waals surface area contributed by atoms with Gasteiger partial charge in [-0.3, -0.25) is 0 Å². The lowest BCUT2D eigenvalue weighted by molar-refractivity contribution is -0.149. The molecule has 1 aromatic carbocycles. The van der Waals surface area contributed by atoms with Crippen molar-refractivity contribution in [1.29, 1.82) is 10.5 Å². The Morgan fingerprint density at radius 3 is 2.38 bits per heavy atom. The molecule has 0 amide bonds. The van der Waals surface area contributed by atoms with Gasteiger partial charge in [-0.2, -0.15) is 10.5 Å². The van der Waals surface area contributed by atoms with E-state index in [1.807, 2.05) is 30.3 Å². The van der Waals surface area contributed by atoms with E-state index in [9.17, 15) is 0 Å². The fourth-order valence-electron chi connectivity index (χ4n) is 1.85. The molecule has 0 saturated heterocycles. The lowest BCUT2D eigenvalue weighted by atomic mass is 10.1. The molecule has 1 aliphatic rings. The van der Waals surface area contributed by atoms with Crippen LogP contribution in [-0.2, 0) is 9.47 Å². The fourth-order valence-corrected chi connectivity index (χ4v) is 1.85. The Bertz CT molecular complexity index is 683. The first kappa shape index (κ1) is 14.4. The molecule has 0 N–H and O–H groups in total. The van der Waals surface area contributed by atoms with Crippen LogP contribution < -0.4 is 0 Å². The van der Waals surface area contributed by atoms with Crippen LogP contribution in [0.15, 0.2) is 59.9 Å². The Balaban J connectivity index is 2.39. The lowest BCUT2D eigenvalue weighted by Crippen LogP contribution is -2.30. The molecule has 0 atom stereocenters. The van der Waals surface area contributed by atoms with E-state index in [0.29, 0.717) is 11.5 Å². The number of benzene rings is 1. The molecule has 0 spiro atoms. The van der Waals surface area contributed by atoms with Gasteiger partial charge in [-0.05, 0) is 12.2 Å². The lowest BCUT2D eigenvalue weighted by Gasteiger charge is -2.33. The number of hydrogen-bond acceptors (Lipinski definition) is 4. The van der Waals surface area contributed by atoms with Crippen LogP contribution in [0.3, 0.4) is 0 Å². The molecule has 0 unspecified atom stereocenters. The van der Waals surface area contributed by atoms with Crippen molar-refractivity contribution >= 4 is 5.76 Å². The molecule has 2 rings (SSSR count). The Morgan fingerprint density at radius 1 is 1.10 bits per heavy atom. The summed E-state index contributed by atoms with van der Waals surface area (Å²) in [5.74, 6) is 0.397. The van der Waals surface area contributed by atoms with Crippen LogP contribution in [0.1, 0.15) is 19.4 Å². The third-order valence-corrected chi connectivity index (χ3v) is 2.71. The third kappa shape index (κ3) is 3.75. The normalized spacial score (nSPS) is 17.5. The second-order valence-electron chi connectivity index (χ2n) is 4.85. The molecule has 1 heterocycles. The summed E-state index contributed by atoms with van der Waals surface area (Å²) in [4.78, 5) is 0. The Morgan fingerprint density at radius 2 is 1.76 bits per heavy atom. The molecule has 0 aliphatic carbocycles. The number of hydrogen-bond donors (Lipinski definition) is 0. The van der Waals surface area contributed by atoms with Crippen molar-refractivity contribution in [3.8, 4) is 12.1 Å². The minimum Gasteiger partial charge on any atom is -0.453 e. The van der Waals surface area contributed by atoms with Gasteiger partial charge in [0.15, 0.2) is 0 Å². The van der Waals surface area contributed by atoms with Crippen LogP contribution in [0.4, 0.5) is 0 Å². The van der Waals surface area contributed by atoms with E-state index in [1.54, 1.807) is 38.1 Å². The summed E-state index contributed by atoms with van der Waals surface area (Å²) >= 11 is 0. The molecule has 104 valence electrons. The minimum absolute atomic E-state index is 0.0186. The molecule has 21 heavy (non-hydrogen) atoms. The molecular weight excluding hydrogens is 264 g/mol. The fraction of sp³-hybridized carbons (Fsp3) is 0.176. The summed E-state index contributed by atoms with van der Waals surface area (Å²) in [5, 5.41) is 17.5. The standard InChI is InChI=1S/C17H14N2O2/c1-17(2)20-15(9-8-13(11-18)12-19)10-16(21-17)14-6-4-3-5-7-14/h3-10H,1-2H3/b15-9-. The molecule has 0 fully saturated rings. The van der Waals surface area contributed by atoms with Crippen LogP contribution >= 0.6 is 0 Å². The van der Waals surface area contributed by atoms with Gasteiger partial charge in [0.1, 0.15) is 29.2 Å². The summed E-state index contributed by atoms with van der Waals surface area (Å²) < 4.78 is 11.5. The highest BCUT2D eigenvalue weighted by Gasteiger charge is 2.28. The molecule has 4 nitrogen and oxygen atoms in total. The first-order chi connectivity index (χ1) is 10.0. The number of ether oxygens (including phenoxy) is 2. The number of allylic oxidation sites excluding steroid dienone is 4. The quantitative estimate of drug-likeness (QED) is 0.774. The van der Waals surface area contributed by atoms with Gasteiger partial charge in [-0.1, -0.05) is 30.3 Å². The highest BCUT2D eigenvalue weighted by atomic mass is 16.7. The number of nitriles is 2. The van der Waals surface area contributed by atoms with E-state index in [4.69, 9.17) is 20.0 Å². The summed E-state index contributed by atoms with van der Waals surface area (Å²) in [6, 6.07) is 13.3. The van der Waals surface area contributed by atoms with Crippen molar-refractivity contribution in [2.45, 2.75) is 19.6 Å². The van der Waals surface area contributed by atoms with Gasteiger partial charge in [-0.15, -0.1) is 0 Å². The highest BCUT2D eigenvalue weighted by molar-refractivity contribution is 5.63. The molecule has 1 aromatic rings. The van der Waals surface area contributed by atoms with Crippen molar-refractivity contribution in [2.24, 2.45) is 0 Å². The van der Waals surface area contributed by atoms with E-state index in [-0.39, 0.29) is 5.57 Å². The summed E-state index contributed by atoms with van der Waals surface area (Å²) in [7, 11) is 0. The van der Waals surface area contributed by atoms with Crippen LogP contribution in [0, 0.1) is 22.7 Å². The van der Waals surface area contributed by atoms with Gasteiger partial charge in [-0.25, -0.2) is 0 Å². The maximum atomic E-state index is 8.74. The molecule has 0 aromatic heterocycles. The van der Waals surface area contributed by atoms with Gasteiger partial charge in [0.25, 0.3) is 0 Å². The van der Waals surface area contributed by atoms with E-state index < -0.39 is 5.79 Å². The Labute approximate surface area is 123 Å². The van der Waals surface area contributed by atoms with Gasteiger partial charge < -0.3 is 9.47 Å². The summed E-state index contributed by atoms with van der Waals surface area (Å²) in [6.45, 7) is 3.60. The average molecular weight is 278 g/mol. The molecule has 0 bridgehead atoms. The molecular formula is C17H14N2O2. The summed E-state index contributed by atoms with van der Waals surface area (Å²) in [5.41, 5.74) is 0.953. The van der Waals surface area contributed by atoms with E-state index in [2.05, 4.69) is 0 Å². The van der Waals surface area contributed by atoms with Gasteiger partial charge in [0.05, 0.1) is 0 Å². The largest absolute Gasteiger partial charge is 0.453 e. The van der Waals surface area contributed by atoms with Crippen molar-refractivity contribution in [3.05, 3.63) is 65.5 Å². The van der Waals surface area contributed by atoms with Crippen LogP contribution in [0.25, 0.3) is 5.76 Å². The molecule has 1 aliphatic heterocycles. The third-order valence-electron chi connectivity index (χ3n) is 2.71. The molecule has 0 saturated carbocycles. The second-order valence-corrected chi connectivity index (χ2v) is 4.85. The van der Waals surface area contributed by atoms with Gasteiger partial charge >= 0.3 is 0 Å². The van der Waals surface area contributed by atoms with E-state index in [0.717, 1.165) is 5.56 Å². The maximum absolute atomic E-state index is 8.74.